The summed E-state index contributed by atoms with van der Waals surface area (Å²) in [6.45, 7) is 6.87. The number of anilines is 2. The second-order valence-electron chi connectivity index (χ2n) is 14.2. The summed E-state index contributed by atoms with van der Waals surface area (Å²) in [4.78, 5) is 44.5. The molecule has 1 aliphatic carbocycles. The molecule has 3 aromatic rings. The summed E-state index contributed by atoms with van der Waals surface area (Å²) in [5.74, 6) is 0.189. The number of aliphatic hydroxyl groups is 1. The van der Waals surface area contributed by atoms with Gasteiger partial charge >= 0.3 is 6.03 Å². The van der Waals surface area contributed by atoms with Gasteiger partial charge in [0.15, 0.2) is 0 Å². The maximum Gasteiger partial charge on any atom is 0.323 e. The van der Waals surface area contributed by atoms with Gasteiger partial charge in [-0.1, -0.05) is 62.6 Å². The monoisotopic (exact) mass is 686 g/mol. The predicted molar refractivity (Wildman–Crippen MR) is 198 cm³/mol. The molecule has 0 saturated heterocycles. The minimum absolute atomic E-state index is 0.0602. The SMILES string of the molecule is C[C@H](CO)N1C[C@H](C)[C@@H](CN(C)C(=O)C2CCCCC2)OCCCC[C@H](C)Oc2ccc(NC(=O)Nc3cccc4ccccc34)cc2C1=O. The van der Waals surface area contributed by atoms with Crippen LogP contribution in [0.15, 0.2) is 60.7 Å². The number of amides is 4. The van der Waals surface area contributed by atoms with Crippen molar-refractivity contribution in [1.82, 2.24) is 9.80 Å². The van der Waals surface area contributed by atoms with Crippen molar-refractivity contribution in [3.05, 3.63) is 66.2 Å². The molecule has 1 aliphatic heterocycles. The molecule has 0 spiro atoms. The highest BCUT2D eigenvalue weighted by molar-refractivity contribution is 6.07. The smallest absolute Gasteiger partial charge is 0.323 e. The van der Waals surface area contributed by atoms with Crippen molar-refractivity contribution in [3.63, 3.8) is 0 Å². The van der Waals surface area contributed by atoms with Crippen molar-refractivity contribution in [2.24, 2.45) is 11.8 Å². The zero-order valence-electron chi connectivity index (χ0n) is 30.0. The summed E-state index contributed by atoms with van der Waals surface area (Å²) in [6.07, 6.45) is 7.25. The van der Waals surface area contributed by atoms with E-state index in [1.807, 2.05) is 75.2 Å². The molecule has 3 aromatic carbocycles. The third-order valence-corrected chi connectivity index (χ3v) is 10.1. The number of ether oxygens (including phenoxy) is 2. The van der Waals surface area contributed by atoms with E-state index >= 15 is 0 Å². The van der Waals surface area contributed by atoms with Crippen LogP contribution in [0.2, 0.25) is 0 Å². The van der Waals surface area contributed by atoms with Gasteiger partial charge in [-0.15, -0.1) is 0 Å². The van der Waals surface area contributed by atoms with Crippen LogP contribution in [0.25, 0.3) is 10.8 Å². The summed E-state index contributed by atoms with van der Waals surface area (Å²) in [5.41, 5.74) is 1.40. The fraction of sp³-hybridized carbons (Fsp3) is 0.525. The molecule has 1 heterocycles. The van der Waals surface area contributed by atoms with Gasteiger partial charge in [0.25, 0.3) is 5.91 Å². The topological polar surface area (TPSA) is 120 Å². The van der Waals surface area contributed by atoms with Gasteiger partial charge in [0.05, 0.1) is 36.1 Å². The molecule has 0 bridgehead atoms. The number of nitrogens with zero attached hydrogens (tertiary/aromatic N) is 2. The highest BCUT2D eigenvalue weighted by Crippen LogP contribution is 2.30. The molecule has 1 saturated carbocycles. The minimum atomic E-state index is -0.503. The number of carbonyl (C=O) groups excluding carboxylic acids is 3. The van der Waals surface area contributed by atoms with E-state index in [1.165, 1.54) is 6.42 Å². The number of hydrogen-bond acceptors (Lipinski definition) is 6. The number of fused-ring (bicyclic) bond motifs is 2. The number of rotatable bonds is 7. The molecule has 1 fully saturated rings. The number of hydrogen-bond donors (Lipinski definition) is 3. The van der Waals surface area contributed by atoms with E-state index in [0.29, 0.717) is 42.4 Å². The molecule has 10 nitrogen and oxygen atoms in total. The second-order valence-corrected chi connectivity index (χ2v) is 14.2. The number of likely N-dealkylation sites (N-methyl/N-ethyl adjacent to an activating group) is 1. The fourth-order valence-corrected chi connectivity index (χ4v) is 7.10. The van der Waals surface area contributed by atoms with Gasteiger partial charge in [-0.3, -0.25) is 9.59 Å². The molecule has 50 heavy (non-hydrogen) atoms. The first-order valence-electron chi connectivity index (χ1n) is 18.3. The van der Waals surface area contributed by atoms with Crippen molar-refractivity contribution in [3.8, 4) is 5.75 Å². The summed E-state index contributed by atoms with van der Waals surface area (Å²) in [7, 11) is 1.86. The number of nitrogens with one attached hydrogen (secondary N) is 2. The normalized spacial score (nSPS) is 21.7. The van der Waals surface area contributed by atoms with E-state index < -0.39 is 12.1 Å². The van der Waals surface area contributed by atoms with E-state index in [2.05, 4.69) is 10.6 Å². The first-order valence-corrected chi connectivity index (χ1v) is 18.3. The molecule has 5 rings (SSSR count). The molecule has 10 heteroatoms. The highest BCUT2D eigenvalue weighted by atomic mass is 16.5. The van der Waals surface area contributed by atoms with Crippen LogP contribution in [0.1, 0.15) is 82.5 Å². The molecule has 270 valence electrons. The fourth-order valence-electron chi connectivity index (χ4n) is 7.10. The van der Waals surface area contributed by atoms with Crippen LogP contribution < -0.4 is 15.4 Å². The zero-order chi connectivity index (χ0) is 35.6. The third kappa shape index (κ3) is 9.54. The Kier molecular flexibility index (Phi) is 13.1. The van der Waals surface area contributed by atoms with Crippen molar-refractivity contribution in [1.29, 1.82) is 0 Å². The Balaban J connectivity index is 1.38. The van der Waals surface area contributed by atoms with E-state index in [4.69, 9.17) is 9.47 Å². The van der Waals surface area contributed by atoms with E-state index in [-0.39, 0.29) is 42.5 Å². The number of benzene rings is 3. The van der Waals surface area contributed by atoms with Crippen molar-refractivity contribution < 1.29 is 29.0 Å². The molecule has 0 aromatic heterocycles. The van der Waals surface area contributed by atoms with Gasteiger partial charge in [0, 0.05) is 49.7 Å². The lowest BCUT2D eigenvalue weighted by molar-refractivity contribution is -0.137. The minimum Gasteiger partial charge on any atom is -0.490 e. The van der Waals surface area contributed by atoms with Crippen molar-refractivity contribution >= 4 is 40.0 Å². The van der Waals surface area contributed by atoms with Crippen LogP contribution in [0.5, 0.6) is 5.75 Å². The summed E-state index contributed by atoms with van der Waals surface area (Å²) < 4.78 is 12.8. The first-order chi connectivity index (χ1) is 24.1. The summed E-state index contributed by atoms with van der Waals surface area (Å²) >= 11 is 0. The predicted octanol–water partition coefficient (Wildman–Crippen LogP) is 7.32. The average Bonchev–Trinajstić information content (AvgIpc) is 3.12. The van der Waals surface area contributed by atoms with Gasteiger partial charge in [0.1, 0.15) is 5.75 Å². The lowest BCUT2D eigenvalue weighted by Gasteiger charge is -2.36. The van der Waals surface area contributed by atoms with Gasteiger partial charge in [-0.05, 0) is 75.6 Å². The van der Waals surface area contributed by atoms with Crippen LogP contribution in [0.4, 0.5) is 16.2 Å². The van der Waals surface area contributed by atoms with Gasteiger partial charge in [0.2, 0.25) is 5.91 Å². The van der Waals surface area contributed by atoms with Crippen LogP contribution in [0, 0.1) is 11.8 Å². The quantitative estimate of drug-likeness (QED) is 0.240. The maximum atomic E-state index is 14.5. The van der Waals surface area contributed by atoms with Crippen LogP contribution in [-0.4, -0.2) is 84.4 Å². The molecular weight excluding hydrogens is 632 g/mol. The second kappa shape index (κ2) is 17.7. The van der Waals surface area contributed by atoms with Crippen LogP contribution in [-0.2, 0) is 9.53 Å². The van der Waals surface area contributed by atoms with Gasteiger partial charge in [-0.2, -0.15) is 0 Å². The van der Waals surface area contributed by atoms with E-state index in [1.54, 1.807) is 23.1 Å². The lowest BCUT2D eigenvalue weighted by Crippen LogP contribution is -2.48. The van der Waals surface area contributed by atoms with Crippen LogP contribution >= 0.6 is 0 Å². The Labute approximate surface area is 296 Å². The Hall–Kier alpha value is -4.15. The van der Waals surface area contributed by atoms with E-state index in [9.17, 15) is 19.5 Å². The maximum absolute atomic E-state index is 14.5. The molecule has 4 atom stereocenters. The number of urea groups is 1. The molecule has 4 amide bonds. The number of aliphatic hydroxyl groups excluding tert-OH is 1. The molecule has 2 aliphatic rings. The van der Waals surface area contributed by atoms with Crippen molar-refractivity contribution in [2.75, 3.05) is 44.0 Å². The molecule has 3 N–H and O–H groups in total. The first kappa shape index (κ1) is 37.1. The van der Waals surface area contributed by atoms with Gasteiger partial charge < -0.3 is 35.0 Å². The van der Waals surface area contributed by atoms with Crippen molar-refractivity contribution in [2.45, 2.75) is 90.4 Å². The Morgan fingerprint density at radius 3 is 2.48 bits per heavy atom. The van der Waals surface area contributed by atoms with E-state index in [0.717, 1.165) is 55.7 Å². The van der Waals surface area contributed by atoms with Gasteiger partial charge in [-0.25, -0.2) is 4.79 Å². The Bertz CT molecular complexity index is 1600. The Morgan fingerprint density at radius 1 is 0.960 bits per heavy atom. The molecule has 0 unspecified atom stereocenters. The zero-order valence-corrected chi connectivity index (χ0v) is 30.0. The lowest BCUT2D eigenvalue weighted by atomic mass is 9.88. The largest absolute Gasteiger partial charge is 0.490 e. The number of carbonyl (C=O) groups is 3. The third-order valence-electron chi connectivity index (χ3n) is 10.1. The Morgan fingerprint density at radius 2 is 1.70 bits per heavy atom. The average molecular weight is 687 g/mol. The standard InChI is InChI=1S/C40H54N4O6/c1-27-24-44(28(2)26-45)39(47)34-23-32(41-40(48)42-35-19-12-17-30-14-8-9-18-33(30)35)20-21-36(34)50-29(3)13-10-11-22-49-37(27)25-43(4)38(46)31-15-6-5-7-16-31/h8-9,12,14,17-21,23,27-29,31,37,45H,5-7,10-11,13,15-16,22,24-26H2,1-4H3,(H2,41,42,48)/t27-,28+,29-,37+/m0/s1. The molecule has 0 radical (unpaired) electrons. The molecular formula is C40H54N4O6. The summed E-state index contributed by atoms with van der Waals surface area (Å²) in [6, 6.07) is 17.7. The summed E-state index contributed by atoms with van der Waals surface area (Å²) in [5, 5.41) is 18.1. The van der Waals surface area contributed by atoms with Crippen LogP contribution in [0.3, 0.4) is 0 Å². The highest BCUT2D eigenvalue weighted by Gasteiger charge is 2.32.